The van der Waals surface area contributed by atoms with Crippen LogP contribution in [0.1, 0.15) is 44.0 Å². The van der Waals surface area contributed by atoms with Gasteiger partial charge in [-0.15, -0.1) is 0 Å². The Morgan fingerprint density at radius 1 is 1.28 bits per heavy atom. The van der Waals surface area contributed by atoms with Crippen molar-refractivity contribution < 1.29 is 4.52 Å². The van der Waals surface area contributed by atoms with Crippen molar-refractivity contribution in [3.63, 3.8) is 0 Å². The average Bonchev–Trinajstić information content (AvgIpc) is 3.02. The summed E-state index contributed by atoms with van der Waals surface area (Å²) < 4.78 is 5.42. The molecule has 0 aliphatic carbocycles. The molecule has 6 heteroatoms. The first-order valence-electron chi connectivity index (χ1n) is 9.23. The van der Waals surface area contributed by atoms with Gasteiger partial charge in [-0.2, -0.15) is 4.98 Å². The van der Waals surface area contributed by atoms with Gasteiger partial charge in [-0.05, 0) is 50.5 Å². The minimum absolute atomic E-state index is 0.522. The molecule has 3 rings (SSSR count). The highest BCUT2D eigenvalue weighted by molar-refractivity contribution is 5.08. The van der Waals surface area contributed by atoms with Crippen molar-refractivity contribution in [1.82, 2.24) is 24.9 Å². The van der Waals surface area contributed by atoms with Gasteiger partial charge in [0.1, 0.15) is 0 Å². The SMILES string of the molecule is CC(C)Cc1nc(CN(Cc2cccnc2)C2CCN(C)CC2)no1. The zero-order valence-electron chi connectivity index (χ0n) is 15.6. The van der Waals surface area contributed by atoms with Crippen LogP contribution in [-0.4, -0.2) is 51.1 Å². The molecule has 1 aliphatic heterocycles. The fourth-order valence-corrected chi connectivity index (χ4v) is 3.37. The molecule has 0 unspecified atom stereocenters. The molecular formula is C19H29N5O. The van der Waals surface area contributed by atoms with E-state index in [9.17, 15) is 0 Å². The summed E-state index contributed by atoms with van der Waals surface area (Å²) in [6, 6.07) is 4.68. The van der Waals surface area contributed by atoms with Crippen molar-refractivity contribution in [2.24, 2.45) is 5.92 Å². The molecule has 0 atom stereocenters. The minimum Gasteiger partial charge on any atom is -0.339 e. The van der Waals surface area contributed by atoms with Gasteiger partial charge >= 0.3 is 0 Å². The first kappa shape index (κ1) is 18.0. The highest BCUT2D eigenvalue weighted by Gasteiger charge is 2.25. The highest BCUT2D eigenvalue weighted by atomic mass is 16.5. The molecule has 6 nitrogen and oxygen atoms in total. The fourth-order valence-electron chi connectivity index (χ4n) is 3.37. The number of nitrogens with zero attached hydrogens (tertiary/aromatic N) is 5. The minimum atomic E-state index is 0.522. The summed E-state index contributed by atoms with van der Waals surface area (Å²) in [5.74, 6) is 2.06. The van der Waals surface area contributed by atoms with E-state index < -0.39 is 0 Å². The largest absolute Gasteiger partial charge is 0.339 e. The van der Waals surface area contributed by atoms with Crippen molar-refractivity contribution in [3.8, 4) is 0 Å². The number of piperidine rings is 1. The summed E-state index contributed by atoms with van der Waals surface area (Å²) in [7, 11) is 2.19. The molecule has 0 radical (unpaired) electrons. The molecule has 0 saturated carbocycles. The van der Waals surface area contributed by atoms with Gasteiger partial charge in [-0.3, -0.25) is 9.88 Å². The Labute approximate surface area is 150 Å². The van der Waals surface area contributed by atoms with Crippen LogP contribution < -0.4 is 0 Å². The highest BCUT2D eigenvalue weighted by Crippen LogP contribution is 2.20. The van der Waals surface area contributed by atoms with E-state index in [0.717, 1.165) is 44.3 Å². The molecule has 0 N–H and O–H groups in total. The lowest BCUT2D eigenvalue weighted by atomic mass is 10.0. The first-order chi connectivity index (χ1) is 12.1. The molecule has 2 aromatic heterocycles. The van der Waals surface area contributed by atoms with Crippen LogP contribution in [0, 0.1) is 5.92 Å². The lowest BCUT2D eigenvalue weighted by Crippen LogP contribution is -2.43. The van der Waals surface area contributed by atoms with Crippen molar-refractivity contribution in [2.45, 2.75) is 52.2 Å². The zero-order chi connectivity index (χ0) is 17.6. The summed E-state index contributed by atoms with van der Waals surface area (Å²) in [5, 5.41) is 4.21. The van der Waals surface area contributed by atoms with Gasteiger partial charge in [0.15, 0.2) is 5.82 Å². The number of rotatable bonds is 7. The van der Waals surface area contributed by atoms with Crippen LogP contribution in [0.4, 0.5) is 0 Å². The average molecular weight is 343 g/mol. The van der Waals surface area contributed by atoms with Crippen LogP contribution >= 0.6 is 0 Å². The third kappa shape index (κ3) is 5.34. The predicted molar refractivity (Wildman–Crippen MR) is 96.8 cm³/mol. The zero-order valence-corrected chi connectivity index (χ0v) is 15.6. The van der Waals surface area contributed by atoms with E-state index >= 15 is 0 Å². The maximum atomic E-state index is 5.42. The second-order valence-electron chi connectivity index (χ2n) is 7.50. The molecule has 0 aromatic carbocycles. The Hall–Kier alpha value is -1.79. The second kappa shape index (κ2) is 8.54. The van der Waals surface area contributed by atoms with Crippen LogP contribution in [0.15, 0.2) is 29.0 Å². The topological polar surface area (TPSA) is 58.3 Å². The van der Waals surface area contributed by atoms with Crippen LogP contribution in [0.5, 0.6) is 0 Å². The summed E-state index contributed by atoms with van der Waals surface area (Å²) in [6.45, 7) is 8.20. The molecule has 0 amide bonds. The number of hydrogen-bond acceptors (Lipinski definition) is 6. The number of pyridine rings is 1. The molecule has 3 heterocycles. The predicted octanol–water partition coefficient (Wildman–Crippen LogP) is 2.76. The van der Waals surface area contributed by atoms with E-state index in [0.29, 0.717) is 12.0 Å². The lowest BCUT2D eigenvalue weighted by molar-refractivity contribution is 0.104. The van der Waals surface area contributed by atoms with Gasteiger partial charge in [0.05, 0.1) is 6.54 Å². The van der Waals surface area contributed by atoms with Crippen LogP contribution in [0.25, 0.3) is 0 Å². The Morgan fingerprint density at radius 2 is 2.08 bits per heavy atom. The van der Waals surface area contributed by atoms with E-state index in [-0.39, 0.29) is 0 Å². The third-order valence-electron chi connectivity index (χ3n) is 4.75. The molecule has 0 spiro atoms. The van der Waals surface area contributed by atoms with Gasteiger partial charge in [-0.1, -0.05) is 25.1 Å². The molecule has 1 fully saturated rings. The standard InChI is InChI=1S/C19H29N5O/c1-15(2)11-19-21-18(22-25-19)14-24(13-16-5-4-8-20-12-16)17-6-9-23(3)10-7-17/h4-5,8,12,15,17H,6-7,9-11,13-14H2,1-3H3. The number of hydrogen-bond donors (Lipinski definition) is 0. The second-order valence-corrected chi connectivity index (χ2v) is 7.50. The van der Waals surface area contributed by atoms with Gasteiger partial charge in [0.25, 0.3) is 0 Å². The van der Waals surface area contributed by atoms with Crippen LogP contribution in [-0.2, 0) is 19.5 Å². The Bertz CT molecular complexity index is 634. The monoisotopic (exact) mass is 343 g/mol. The summed E-state index contributed by atoms with van der Waals surface area (Å²) in [6.07, 6.45) is 6.95. The van der Waals surface area contributed by atoms with E-state index in [2.05, 4.69) is 51.9 Å². The molecule has 136 valence electrons. The Morgan fingerprint density at radius 3 is 2.76 bits per heavy atom. The van der Waals surface area contributed by atoms with Gasteiger partial charge in [-0.25, -0.2) is 0 Å². The summed E-state index contributed by atoms with van der Waals surface area (Å²) >= 11 is 0. The normalized spacial score (nSPS) is 16.8. The summed E-state index contributed by atoms with van der Waals surface area (Å²) in [5.41, 5.74) is 1.23. The maximum Gasteiger partial charge on any atom is 0.226 e. The van der Waals surface area contributed by atoms with E-state index in [1.54, 1.807) is 0 Å². The first-order valence-corrected chi connectivity index (χ1v) is 9.23. The number of likely N-dealkylation sites (tertiary alicyclic amines) is 1. The van der Waals surface area contributed by atoms with E-state index in [4.69, 9.17) is 4.52 Å². The van der Waals surface area contributed by atoms with Crippen molar-refractivity contribution in [2.75, 3.05) is 20.1 Å². The van der Waals surface area contributed by atoms with Crippen molar-refractivity contribution >= 4 is 0 Å². The summed E-state index contributed by atoms with van der Waals surface area (Å²) in [4.78, 5) is 13.7. The number of aromatic nitrogens is 3. The molecule has 1 aliphatic rings. The Kier molecular flexibility index (Phi) is 6.15. The fraction of sp³-hybridized carbons (Fsp3) is 0.632. The molecular weight excluding hydrogens is 314 g/mol. The van der Waals surface area contributed by atoms with E-state index in [1.165, 1.54) is 18.4 Å². The molecule has 2 aromatic rings. The molecule has 25 heavy (non-hydrogen) atoms. The van der Waals surface area contributed by atoms with Gasteiger partial charge in [0, 0.05) is 31.4 Å². The molecule has 0 bridgehead atoms. The van der Waals surface area contributed by atoms with Crippen molar-refractivity contribution in [3.05, 3.63) is 41.8 Å². The Balaban J connectivity index is 1.70. The van der Waals surface area contributed by atoms with Gasteiger partial charge < -0.3 is 9.42 Å². The van der Waals surface area contributed by atoms with Crippen molar-refractivity contribution in [1.29, 1.82) is 0 Å². The van der Waals surface area contributed by atoms with Crippen LogP contribution in [0.3, 0.4) is 0 Å². The third-order valence-corrected chi connectivity index (χ3v) is 4.75. The molecule has 1 saturated heterocycles. The quantitative estimate of drug-likeness (QED) is 0.770. The van der Waals surface area contributed by atoms with E-state index in [1.807, 2.05) is 18.5 Å². The smallest absolute Gasteiger partial charge is 0.226 e. The lowest BCUT2D eigenvalue weighted by Gasteiger charge is -2.36. The maximum absolute atomic E-state index is 5.42. The van der Waals surface area contributed by atoms with Crippen LogP contribution in [0.2, 0.25) is 0 Å². The van der Waals surface area contributed by atoms with Gasteiger partial charge in [0.2, 0.25) is 5.89 Å².